The normalized spacial score (nSPS) is 12.7. The number of nitrogens with zero attached hydrogens (tertiary/aromatic N) is 1. The van der Waals surface area contributed by atoms with Gasteiger partial charge in [-0.2, -0.15) is 0 Å². The molecule has 0 saturated carbocycles. The summed E-state index contributed by atoms with van der Waals surface area (Å²) >= 11 is 2.67. The number of thioether (sulfide) groups is 1. The highest BCUT2D eigenvalue weighted by atomic mass is 32.2. The van der Waals surface area contributed by atoms with Crippen LogP contribution in [-0.2, 0) is 27.2 Å². The summed E-state index contributed by atoms with van der Waals surface area (Å²) in [6.07, 6.45) is 0.105. The molecule has 166 valence electrons. The van der Waals surface area contributed by atoms with E-state index in [1.807, 2.05) is 24.3 Å². The third-order valence-corrected chi connectivity index (χ3v) is 6.80. The van der Waals surface area contributed by atoms with Crippen molar-refractivity contribution in [3.05, 3.63) is 40.3 Å². The molecule has 2 amide bonds. The molecule has 2 heterocycles. The van der Waals surface area contributed by atoms with Gasteiger partial charge in [-0.05, 0) is 43.2 Å². The van der Waals surface area contributed by atoms with E-state index in [1.165, 1.54) is 30.2 Å². The second-order valence-corrected chi connectivity index (χ2v) is 8.74. The minimum atomic E-state index is -0.500. The van der Waals surface area contributed by atoms with E-state index in [1.54, 1.807) is 18.9 Å². The SMILES string of the molecule is CCOC(=O)N1CCc2c(sc(NC(=O)CSc3ccc(OC)cc3)c2C(=O)OC)C1. The van der Waals surface area contributed by atoms with Crippen molar-refractivity contribution in [3.8, 4) is 5.75 Å². The molecule has 1 aromatic heterocycles. The van der Waals surface area contributed by atoms with Crippen LogP contribution in [0.1, 0.15) is 27.7 Å². The molecule has 8 nitrogen and oxygen atoms in total. The topological polar surface area (TPSA) is 94.2 Å². The van der Waals surface area contributed by atoms with E-state index in [9.17, 15) is 14.4 Å². The second-order valence-electron chi connectivity index (χ2n) is 6.58. The molecular weight excluding hydrogens is 440 g/mol. The molecule has 0 spiro atoms. The number of hydrogen-bond acceptors (Lipinski definition) is 8. The summed E-state index contributed by atoms with van der Waals surface area (Å²) in [5.41, 5.74) is 1.18. The van der Waals surface area contributed by atoms with Crippen LogP contribution in [0.3, 0.4) is 0 Å². The average Bonchev–Trinajstić information content (AvgIpc) is 3.14. The van der Waals surface area contributed by atoms with Crippen molar-refractivity contribution in [3.63, 3.8) is 0 Å². The summed E-state index contributed by atoms with van der Waals surface area (Å²) in [6.45, 7) is 2.82. The number of methoxy groups -OCH3 is 2. The van der Waals surface area contributed by atoms with Crippen molar-refractivity contribution in [2.45, 2.75) is 24.8 Å². The Kier molecular flexibility index (Phi) is 7.80. The van der Waals surface area contributed by atoms with Gasteiger partial charge in [-0.1, -0.05) is 0 Å². The summed E-state index contributed by atoms with van der Waals surface area (Å²) in [5, 5.41) is 3.29. The maximum atomic E-state index is 12.6. The van der Waals surface area contributed by atoms with Gasteiger partial charge in [0, 0.05) is 16.3 Å². The highest BCUT2D eigenvalue weighted by Gasteiger charge is 2.31. The first-order valence-corrected chi connectivity index (χ1v) is 11.5. The highest BCUT2D eigenvalue weighted by Crippen LogP contribution is 2.38. The van der Waals surface area contributed by atoms with Gasteiger partial charge in [0.15, 0.2) is 0 Å². The Morgan fingerprint density at radius 3 is 2.58 bits per heavy atom. The summed E-state index contributed by atoms with van der Waals surface area (Å²) in [6, 6.07) is 7.42. The van der Waals surface area contributed by atoms with Crippen molar-refractivity contribution in [1.29, 1.82) is 0 Å². The van der Waals surface area contributed by atoms with Gasteiger partial charge in [0.2, 0.25) is 5.91 Å². The molecule has 1 aromatic carbocycles. The molecule has 1 aliphatic rings. The molecule has 3 rings (SSSR count). The summed E-state index contributed by atoms with van der Waals surface area (Å²) in [7, 11) is 2.91. The number of esters is 1. The van der Waals surface area contributed by atoms with Crippen LogP contribution >= 0.6 is 23.1 Å². The number of amides is 2. The molecule has 0 radical (unpaired) electrons. The lowest BCUT2D eigenvalue weighted by atomic mass is 10.0. The number of ether oxygens (including phenoxy) is 3. The lowest BCUT2D eigenvalue weighted by molar-refractivity contribution is -0.113. The van der Waals surface area contributed by atoms with E-state index in [0.717, 1.165) is 21.1 Å². The predicted octanol–water partition coefficient (Wildman–Crippen LogP) is 3.79. The lowest BCUT2D eigenvalue weighted by Crippen LogP contribution is -2.36. The first-order valence-electron chi connectivity index (χ1n) is 9.68. The molecular formula is C21H24N2O6S2. The summed E-state index contributed by atoms with van der Waals surface area (Å²) in [4.78, 5) is 40.4. The standard InChI is InChI=1S/C21H24N2O6S2/c1-4-29-21(26)23-10-9-15-16(11-23)31-19(18(15)20(25)28-3)22-17(24)12-30-14-7-5-13(27-2)6-8-14/h5-8H,4,9-12H2,1-3H3,(H,22,24). The molecule has 1 N–H and O–H groups in total. The smallest absolute Gasteiger partial charge is 0.410 e. The minimum Gasteiger partial charge on any atom is -0.497 e. The maximum Gasteiger partial charge on any atom is 0.410 e. The van der Waals surface area contributed by atoms with Gasteiger partial charge in [-0.25, -0.2) is 9.59 Å². The van der Waals surface area contributed by atoms with Crippen LogP contribution < -0.4 is 10.1 Å². The predicted molar refractivity (Wildman–Crippen MR) is 119 cm³/mol. The molecule has 0 unspecified atom stereocenters. The lowest BCUT2D eigenvalue weighted by Gasteiger charge is -2.26. The largest absolute Gasteiger partial charge is 0.497 e. The van der Waals surface area contributed by atoms with Crippen LogP contribution in [0.15, 0.2) is 29.2 Å². The molecule has 0 saturated heterocycles. The van der Waals surface area contributed by atoms with Gasteiger partial charge in [0.05, 0.1) is 38.7 Å². The Morgan fingerprint density at radius 2 is 1.94 bits per heavy atom. The van der Waals surface area contributed by atoms with Gasteiger partial charge in [0.1, 0.15) is 10.8 Å². The Labute approximate surface area is 188 Å². The van der Waals surface area contributed by atoms with E-state index >= 15 is 0 Å². The van der Waals surface area contributed by atoms with Crippen LogP contribution in [0.5, 0.6) is 5.75 Å². The number of carbonyl (C=O) groups is 3. The number of anilines is 1. The third-order valence-electron chi connectivity index (χ3n) is 4.65. The maximum absolute atomic E-state index is 12.6. The van der Waals surface area contributed by atoms with E-state index in [2.05, 4.69) is 5.32 Å². The number of thiophene rings is 1. The van der Waals surface area contributed by atoms with Crippen molar-refractivity contribution in [2.75, 3.05) is 38.4 Å². The number of nitrogens with one attached hydrogen (secondary N) is 1. The Balaban J connectivity index is 1.72. The van der Waals surface area contributed by atoms with E-state index in [4.69, 9.17) is 14.2 Å². The first-order chi connectivity index (χ1) is 15.0. The zero-order chi connectivity index (χ0) is 22.4. The molecule has 1 aliphatic heterocycles. The summed E-state index contributed by atoms with van der Waals surface area (Å²) in [5.74, 6) is 0.203. The quantitative estimate of drug-likeness (QED) is 0.492. The minimum absolute atomic E-state index is 0.185. The molecule has 2 aromatic rings. The average molecular weight is 465 g/mol. The van der Waals surface area contributed by atoms with Crippen LogP contribution in [0, 0.1) is 0 Å². The number of carbonyl (C=O) groups excluding carboxylic acids is 3. The van der Waals surface area contributed by atoms with E-state index in [0.29, 0.717) is 36.7 Å². The van der Waals surface area contributed by atoms with Crippen molar-refractivity contribution < 1.29 is 28.6 Å². The Bertz CT molecular complexity index is 958. The number of benzene rings is 1. The van der Waals surface area contributed by atoms with Crippen LogP contribution in [-0.4, -0.2) is 56.0 Å². The van der Waals surface area contributed by atoms with Crippen molar-refractivity contribution in [2.24, 2.45) is 0 Å². The van der Waals surface area contributed by atoms with Crippen LogP contribution in [0.4, 0.5) is 9.80 Å². The van der Waals surface area contributed by atoms with Crippen molar-refractivity contribution in [1.82, 2.24) is 4.90 Å². The summed E-state index contributed by atoms with van der Waals surface area (Å²) < 4.78 is 15.1. The number of fused-ring (bicyclic) bond motifs is 1. The highest BCUT2D eigenvalue weighted by molar-refractivity contribution is 8.00. The van der Waals surface area contributed by atoms with Gasteiger partial charge in [-0.15, -0.1) is 23.1 Å². The molecule has 0 fully saturated rings. The van der Waals surface area contributed by atoms with E-state index < -0.39 is 5.97 Å². The molecule has 0 atom stereocenters. The molecule has 0 bridgehead atoms. The van der Waals surface area contributed by atoms with Crippen LogP contribution in [0.25, 0.3) is 0 Å². The molecule has 0 aliphatic carbocycles. The van der Waals surface area contributed by atoms with Crippen LogP contribution in [0.2, 0.25) is 0 Å². The first kappa shape index (κ1) is 23.0. The zero-order valence-electron chi connectivity index (χ0n) is 17.6. The van der Waals surface area contributed by atoms with Gasteiger partial charge in [-0.3, -0.25) is 4.79 Å². The van der Waals surface area contributed by atoms with E-state index in [-0.39, 0.29) is 17.8 Å². The Morgan fingerprint density at radius 1 is 1.19 bits per heavy atom. The fourth-order valence-corrected chi connectivity index (χ4v) is 5.13. The number of rotatable bonds is 7. The fraction of sp³-hybridized carbons (Fsp3) is 0.381. The molecule has 10 heteroatoms. The second kappa shape index (κ2) is 10.5. The molecule has 31 heavy (non-hydrogen) atoms. The van der Waals surface area contributed by atoms with Gasteiger partial charge in [0.25, 0.3) is 0 Å². The zero-order valence-corrected chi connectivity index (χ0v) is 19.2. The fourth-order valence-electron chi connectivity index (χ4n) is 3.16. The van der Waals surface area contributed by atoms with Gasteiger partial charge < -0.3 is 24.4 Å². The Hall–Kier alpha value is -2.72. The number of hydrogen-bond donors (Lipinski definition) is 1. The van der Waals surface area contributed by atoms with Gasteiger partial charge >= 0.3 is 12.1 Å². The van der Waals surface area contributed by atoms with Crippen molar-refractivity contribution >= 4 is 46.1 Å². The monoisotopic (exact) mass is 464 g/mol. The third kappa shape index (κ3) is 5.50.